The molecule has 1 aliphatic carbocycles. The molecule has 4 nitrogen and oxygen atoms in total. The van der Waals surface area contributed by atoms with Crippen LogP contribution in [0.25, 0.3) is 0 Å². The molecule has 1 saturated carbocycles. The van der Waals surface area contributed by atoms with E-state index in [4.69, 9.17) is 5.73 Å². The van der Waals surface area contributed by atoms with E-state index in [0.717, 1.165) is 18.2 Å². The van der Waals surface area contributed by atoms with Gasteiger partial charge in [0.2, 0.25) is 5.95 Å². The molecule has 86 valence electrons. The number of anilines is 1. The zero-order chi connectivity index (χ0) is 11.0. The van der Waals surface area contributed by atoms with Gasteiger partial charge in [-0.2, -0.15) is 0 Å². The minimum absolute atomic E-state index is 0.401. The zero-order valence-corrected chi connectivity index (χ0v) is 9.47. The molecule has 4 heteroatoms. The van der Waals surface area contributed by atoms with E-state index in [2.05, 4.69) is 14.9 Å². The summed E-state index contributed by atoms with van der Waals surface area (Å²) in [4.78, 5) is 10.8. The van der Waals surface area contributed by atoms with E-state index in [1.165, 1.54) is 32.4 Å². The van der Waals surface area contributed by atoms with Gasteiger partial charge >= 0.3 is 0 Å². The van der Waals surface area contributed by atoms with E-state index < -0.39 is 0 Å². The van der Waals surface area contributed by atoms with E-state index in [0.29, 0.717) is 11.9 Å². The summed E-state index contributed by atoms with van der Waals surface area (Å²) in [5.74, 6) is 1.94. The number of nitrogen functional groups attached to an aromatic ring is 1. The number of nitrogens with zero attached hydrogens (tertiary/aromatic N) is 3. The molecule has 0 spiro atoms. The van der Waals surface area contributed by atoms with Gasteiger partial charge in [0.05, 0.1) is 5.69 Å². The van der Waals surface area contributed by atoms with Crippen molar-refractivity contribution in [2.75, 3.05) is 25.4 Å². The zero-order valence-electron chi connectivity index (χ0n) is 9.47. The Balaban J connectivity index is 1.63. The number of aromatic nitrogens is 2. The highest BCUT2D eigenvalue weighted by Gasteiger charge is 2.30. The molecule has 2 aliphatic rings. The SMILES string of the molecule is Nc1nccc([C@@H]2CCN(CC3CC3)C2)n1. The minimum atomic E-state index is 0.401. The maximum atomic E-state index is 5.62. The van der Waals surface area contributed by atoms with Crippen molar-refractivity contribution >= 4 is 5.95 Å². The molecule has 0 amide bonds. The van der Waals surface area contributed by atoms with Gasteiger partial charge in [0.1, 0.15) is 0 Å². The summed E-state index contributed by atoms with van der Waals surface area (Å²) >= 11 is 0. The minimum Gasteiger partial charge on any atom is -0.368 e. The molecule has 2 N–H and O–H groups in total. The second-order valence-electron chi connectivity index (χ2n) is 5.03. The van der Waals surface area contributed by atoms with Gasteiger partial charge in [0, 0.05) is 25.2 Å². The van der Waals surface area contributed by atoms with Crippen LogP contribution in [-0.4, -0.2) is 34.5 Å². The Bertz CT molecular complexity index is 375. The summed E-state index contributed by atoms with van der Waals surface area (Å²) in [5, 5.41) is 0. The predicted molar refractivity (Wildman–Crippen MR) is 63.0 cm³/mol. The highest BCUT2D eigenvalue weighted by atomic mass is 15.2. The lowest BCUT2D eigenvalue weighted by Gasteiger charge is -2.15. The van der Waals surface area contributed by atoms with Crippen molar-refractivity contribution in [3.8, 4) is 0 Å². The Hall–Kier alpha value is -1.16. The maximum absolute atomic E-state index is 5.62. The summed E-state index contributed by atoms with van der Waals surface area (Å²) < 4.78 is 0. The molecule has 2 fully saturated rings. The summed E-state index contributed by atoms with van der Waals surface area (Å²) in [6, 6.07) is 2.00. The second-order valence-corrected chi connectivity index (χ2v) is 5.03. The first-order valence-corrected chi connectivity index (χ1v) is 6.12. The van der Waals surface area contributed by atoms with E-state index in [9.17, 15) is 0 Å². The van der Waals surface area contributed by atoms with Crippen LogP contribution in [0.5, 0.6) is 0 Å². The average molecular weight is 218 g/mol. The fourth-order valence-electron chi connectivity index (χ4n) is 2.52. The number of likely N-dealkylation sites (tertiary alicyclic amines) is 1. The van der Waals surface area contributed by atoms with Crippen LogP contribution < -0.4 is 5.73 Å². The molecule has 1 aromatic heterocycles. The lowest BCUT2D eigenvalue weighted by Crippen LogP contribution is -2.23. The summed E-state index contributed by atoms with van der Waals surface area (Å²) in [6.07, 6.45) is 5.84. The van der Waals surface area contributed by atoms with Crippen molar-refractivity contribution in [3.05, 3.63) is 18.0 Å². The molecule has 0 unspecified atom stereocenters. The number of hydrogen-bond donors (Lipinski definition) is 1. The molecule has 1 aromatic rings. The number of hydrogen-bond acceptors (Lipinski definition) is 4. The van der Waals surface area contributed by atoms with Gasteiger partial charge in [-0.1, -0.05) is 0 Å². The molecular weight excluding hydrogens is 200 g/mol. The summed E-state index contributed by atoms with van der Waals surface area (Å²) in [7, 11) is 0. The topological polar surface area (TPSA) is 55.0 Å². The van der Waals surface area contributed by atoms with E-state index >= 15 is 0 Å². The largest absolute Gasteiger partial charge is 0.368 e. The molecule has 0 radical (unpaired) electrons. The summed E-state index contributed by atoms with van der Waals surface area (Å²) in [5.41, 5.74) is 6.73. The Morgan fingerprint density at radius 3 is 3.00 bits per heavy atom. The van der Waals surface area contributed by atoms with Crippen molar-refractivity contribution in [3.63, 3.8) is 0 Å². The first-order chi connectivity index (χ1) is 7.81. The fraction of sp³-hybridized carbons (Fsp3) is 0.667. The van der Waals surface area contributed by atoms with E-state index in [1.54, 1.807) is 6.20 Å². The Labute approximate surface area is 95.9 Å². The van der Waals surface area contributed by atoms with Crippen molar-refractivity contribution in [2.45, 2.75) is 25.2 Å². The average Bonchev–Trinajstić information content (AvgIpc) is 2.94. The smallest absolute Gasteiger partial charge is 0.220 e. The Kier molecular flexibility index (Phi) is 2.52. The van der Waals surface area contributed by atoms with Gasteiger partial charge < -0.3 is 10.6 Å². The van der Waals surface area contributed by atoms with Gasteiger partial charge in [-0.15, -0.1) is 0 Å². The standard InChI is InChI=1S/C12H18N4/c13-12-14-5-3-11(15-12)10-4-6-16(8-10)7-9-1-2-9/h3,5,9-10H,1-2,4,6-8H2,(H2,13,14,15)/t10-/m1/s1. The molecule has 0 bridgehead atoms. The first-order valence-electron chi connectivity index (χ1n) is 6.12. The fourth-order valence-corrected chi connectivity index (χ4v) is 2.52. The maximum Gasteiger partial charge on any atom is 0.220 e. The normalized spacial score (nSPS) is 26.1. The first kappa shape index (κ1) is 10.0. The van der Waals surface area contributed by atoms with Gasteiger partial charge in [-0.25, -0.2) is 9.97 Å². The second kappa shape index (κ2) is 4.01. The molecule has 16 heavy (non-hydrogen) atoms. The quantitative estimate of drug-likeness (QED) is 0.829. The van der Waals surface area contributed by atoms with Crippen LogP contribution in [0.15, 0.2) is 12.3 Å². The lowest BCUT2D eigenvalue weighted by atomic mass is 10.1. The van der Waals surface area contributed by atoms with Crippen LogP contribution in [0.2, 0.25) is 0 Å². The third-order valence-electron chi connectivity index (χ3n) is 3.60. The number of rotatable bonds is 3. The van der Waals surface area contributed by atoms with Crippen LogP contribution in [0.4, 0.5) is 5.95 Å². The van der Waals surface area contributed by atoms with E-state index in [1.807, 2.05) is 6.07 Å². The van der Waals surface area contributed by atoms with E-state index in [-0.39, 0.29) is 0 Å². The van der Waals surface area contributed by atoms with Crippen molar-refractivity contribution < 1.29 is 0 Å². The molecule has 1 aliphatic heterocycles. The molecule has 3 rings (SSSR count). The highest BCUT2D eigenvalue weighted by molar-refractivity contribution is 5.20. The number of nitrogens with two attached hydrogens (primary N) is 1. The van der Waals surface area contributed by atoms with Gasteiger partial charge in [-0.05, 0) is 37.8 Å². The Morgan fingerprint density at radius 1 is 1.38 bits per heavy atom. The third-order valence-corrected chi connectivity index (χ3v) is 3.60. The lowest BCUT2D eigenvalue weighted by molar-refractivity contribution is 0.320. The molecular formula is C12H18N4. The van der Waals surface area contributed by atoms with Crippen LogP contribution >= 0.6 is 0 Å². The van der Waals surface area contributed by atoms with Gasteiger partial charge in [0.15, 0.2) is 0 Å². The molecule has 1 saturated heterocycles. The van der Waals surface area contributed by atoms with Crippen LogP contribution in [0, 0.1) is 5.92 Å². The highest BCUT2D eigenvalue weighted by Crippen LogP contribution is 2.33. The predicted octanol–water partition coefficient (Wildman–Crippen LogP) is 1.26. The van der Waals surface area contributed by atoms with Crippen molar-refractivity contribution in [1.29, 1.82) is 0 Å². The molecule has 2 heterocycles. The molecule has 1 atom stereocenters. The van der Waals surface area contributed by atoms with Crippen molar-refractivity contribution in [1.82, 2.24) is 14.9 Å². The van der Waals surface area contributed by atoms with Crippen molar-refractivity contribution in [2.24, 2.45) is 5.92 Å². The molecule has 0 aromatic carbocycles. The summed E-state index contributed by atoms with van der Waals surface area (Å²) in [6.45, 7) is 3.65. The van der Waals surface area contributed by atoms with Gasteiger partial charge in [-0.3, -0.25) is 0 Å². The Morgan fingerprint density at radius 2 is 2.25 bits per heavy atom. The monoisotopic (exact) mass is 218 g/mol. The van der Waals surface area contributed by atoms with Crippen LogP contribution in [0.3, 0.4) is 0 Å². The van der Waals surface area contributed by atoms with Gasteiger partial charge in [0.25, 0.3) is 0 Å². The third kappa shape index (κ3) is 2.16. The van der Waals surface area contributed by atoms with Crippen LogP contribution in [0.1, 0.15) is 30.9 Å². The van der Waals surface area contributed by atoms with Crippen LogP contribution in [-0.2, 0) is 0 Å².